The Morgan fingerprint density at radius 2 is 1.89 bits per heavy atom. The second-order valence-corrected chi connectivity index (χ2v) is 8.20. The van der Waals surface area contributed by atoms with Crippen LogP contribution in [-0.2, 0) is 11.3 Å². The summed E-state index contributed by atoms with van der Waals surface area (Å²) in [5, 5.41) is 9.49. The molecule has 0 saturated heterocycles. The number of aromatic carboxylic acids is 1. The average Bonchev–Trinajstić information content (AvgIpc) is 2.75. The Balaban J connectivity index is 1.99. The molecule has 1 unspecified atom stereocenters. The number of benzene rings is 1. The van der Waals surface area contributed by atoms with Gasteiger partial charge in [0.05, 0.1) is 18.5 Å². The van der Waals surface area contributed by atoms with E-state index in [4.69, 9.17) is 4.74 Å². The number of carboxylic acids is 1. The van der Waals surface area contributed by atoms with E-state index in [1.807, 2.05) is 0 Å². The maximum absolute atomic E-state index is 13.1. The van der Waals surface area contributed by atoms with Gasteiger partial charge in [-0.15, -0.1) is 0 Å². The average molecular weight is 400 g/mol. The summed E-state index contributed by atoms with van der Waals surface area (Å²) in [6.45, 7) is 6.10. The van der Waals surface area contributed by atoms with Gasteiger partial charge in [0.2, 0.25) is 0 Å². The number of carbonyl (C=O) groups excluding carboxylic acids is 1. The lowest BCUT2D eigenvalue weighted by Gasteiger charge is -2.27. The van der Waals surface area contributed by atoms with E-state index in [1.54, 1.807) is 31.7 Å². The first-order chi connectivity index (χ1) is 12.9. The molecule has 6 nitrogen and oxygen atoms in total. The van der Waals surface area contributed by atoms with Crippen LogP contribution in [0.5, 0.6) is 0 Å². The van der Waals surface area contributed by atoms with E-state index in [0.29, 0.717) is 17.8 Å². The molecular formula is C19H23F3N2O4. The number of halogens is 3. The van der Waals surface area contributed by atoms with Gasteiger partial charge in [0.1, 0.15) is 5.60 Å². The quantitative estimate of drug-likeness (QED) is 0.813. The van der Waals surface area contributed by atoms with Crippen LogP contribution in [0.15, 0.2) is 12.1 Å². The number of hydrogen-bond donors (Lipinski definition) is 1. The highest BCUT2D eigenvalue weighted by atomic mass is 19.4. The molecule has 1 amide bonds. The molecule has 1 N–H and O–H groups in total. The molecule has 0 fully saturated rings. The van der Waals surface area contributed by atoms with Crippen molar-refractivity contribution in [1.82, 2.24) is 4.90 Å². The Morgan fingerprint density at radius 3 is 2.46 bits per heavy atom. The third-order valence-electron chi connectivity index (χ3n) is 4.83. The van der Waals surface area contributed by atoms with Gasteiger partial charge in [-0.3, -0.25) is 0 Å². The van der Waals surface area contributed by atoms with E-state index in [1.165, 1.54) is 11.0 Å². The Bertz CT molecular complexity index is 802. The van der Waals surface area contributed by atoms with Crippen LogP contribution < -0.4 is 4.90 Å². The minimum Gasteiger partial charge on any atom is -0.478 e. The summed E-state index contributed by atoms with van der Waals surface area (Å²) >= 11 is 0. The predicted octanol–water partition coefficient (Wildman–Crippen LogP) is 3.99. The number of ether oxygens (including phenoxy) is 1. The summed E-state index contributed by atoms with van der Waals surface area (Å²) in [5.74, 6) is -2.19. The molecular weight excluding hydrogens is 377 g/mol. The van der Waals surface area contributed by atoms with Crippen LogP contribution in [0, 0.1) is 0 Å². The van der Waals surface area contributed by atoms with Crippen LogP contribution in [0.1, 0.15) is 54.6 Å². The predicted molar refractivity (Wildman–Crippen MR) is 95.7 cm³/mol. The number of hydrogen-bond acceptors (Lipinski definition) is 4. The highest BCUT2D eigenvalue weighted by Gasteiger charge is 2.42. The van der Waals surface area contributed by atoms with Crippen molar-refractivity contribution in [1.29, 1.82) is 0 Å². The number of rotatable bonds is 2. The van der Waals surface area contributed by atoms with Crippen molar-refractivity contribution in [3.63, 3.8) is 0 Å². The molecule has 3 rings (SSSR count). The van der Waals surface area contributed by atoms with E-state index in [0.717, 1.165) is 0 Å². The third kappa shape index (κ3) is 4.18. The molecule has 1 atom stereocenters. The van der Waals surface area contributed by atoms with Gasteiger partial charge in [-0.2, -0.15) is 13.2 Å². The fourth-order valence-corrected chi connectivity index (χ4v) is 3.86. The normalized spacial score (nSPS) is 19.3. The molecule has 1 aromatic rings. The van der Waals surface area contributed by atoms with Crippen LogP contribution in [-0.4, -0.2) is 53.5 Å². The first kappa shape index (κ1) is 20.3. The van der Waals surface area contributed by atoms with Gasteiger partial charge < -0.3 is 19.6 Å². The highest BCUT2D eigenvalue weighted by molar-refractivity contribution is 5.93. The second kappa shape index (κ2) is 6.86. The molecule has 2 aliphatic heterocycles. The maximum atomic E-state index is 13.1. The molecule has 9 heteroatoms. The first-order valence-corrected chi connectivity index (χ1v) is 9.04. The van der Waals surface area contributed by atoms with Crippen molar-refractivity contribution in [3.05, 3.63) is 28.8 Å². The lowest BCUT2D eigenvalue weighted by Crippen LogP contribution is -2.39. The van der Waals surface area contributed by atoms with Crippen molar-refractivity contribution in [2.45, 2.75) is 51.4 Å². The zero-order valence-electron chi connectivity index (χ0n) is 16.0. The van der Waals surface area contributed by atoms with Gasteiger partial charge in [-0.1, -0.05) is 6.07 Å². The van der Waals surface area contributed by atoms with Crippen molar-refractivity contribution in [2.24, 2.45) is 0 Å². The molecule has 2 heterocycles. The summed E-state index contributed by atoms with van der Waals surface area (Å²) in [4.78, 5) is 27.3. The Kier molecular flexibility index (Phi) is 4.97. The highest BCUT2D eigenvalue weighted by Crippen LogP contribution is 2.46. The number of anilines is 1. The summed E-state index contributed by atoms with van der Waals surface area (Å²) in [6, 6.07) is 2.91. The third-order valence-corrected chi connectivity index (χ3v) is 4.83. The van der Waals surface area contributed by atoms with Crippen molar-refractivity contribution in [3.8, 4) is 0 Å². The van der Waals surface area contributed by atoms with E-state index >= 15 is 0 Å². The second-order valence-electron chi connectivity index (χ2n) is 8.20. The first-order valence-electron chi connectivity index (χ1n) is 9.04. The molecule has 0 bridgehead atoms. The van der Waals surface area contributed by atoms with Crippen LogP contribution in [0.2, 0.25) is 0 Å². The molecule has 28 heavy (non-hydrogen) atoms. The van der Waals surface area contributed by atoms with Crippen LogP contribution in [0.3, 0.4) is 0 Å². The van der Waals surface area contributed by atoms with Gasteiger partial charge in [0.25, 0.3) is 0 Å². The number of carbonyl (C=O) groups is 2. The van der Waals surface area contributed by atoms with Crippen LogP contribution in [0.4, 0.5) is 23.7 Å². The standard InChI is InChI=1S/C19H23F3N2O4/c1-18(2,3)28-17(27)24-7-6-23-10-12(8-19(20,21)22)14-13(16(25)26)5-4-11(9-24)15(14)23/h4-5,12H,6-10H2,1-3H3,(H,25,26). The molecule has 154 valence electrons. The summed E-state index contributed by atoms with van der Waals surface area (Å²) in [6.07, 6.45) is -5.97. The fraction of sp³-hybridized carbons (Fsp3) is 0.579. The minimum atomic E-state index is -4.39. The lowest BCUT2D eigenvalue weighted by atomic mass is 9.91. The van der Waals surface area contributed by atoms with Crippen molar-refractivity contribution >= 4 is 17.7 Å². The largest absolute Gasteiger partial charge is 0.478 e. The minimum absolute atomic E-state index is 0.0777. The summed E-state index contributed by atoms with van der Waals surface area (Å²) in [7, 11) is 0. The van der Waals surface area contributed by atoms with Gasteiger partial charge in [-0.25, -0.2) is 9.59 Å². The van der Waals surface area contributed by atoms with E-state index in [9.17, 15) is 27.9 Å². The van der Waals surface area contributed by atoms with E-state index < -0.39 is 36.2 Å². The van der Waals surface area contributed by atoms with Gasteiger partial charge >= 0.3 is 18.2 Å². The van der Waals surface area contributed by atoms with Crippen LogP contribution >= 0.6 is 0 Å². The van der Waals surface area contributed by atoms with E-state index in [2.05, 4.69) is 0 Å². The molecule has 0 spiro atoms. The number of nitrogens with zero attached hydrogens (tertiary/aromatic N) is 2. The van der Waals surface area contributed by atoms with Gasteiger partial charge in [0.15, 0.2) is 0 Å². The zero-order chi connectivity index (χ0) is 20.9. The SMILES string of the molecule is CC(C)(C)OC(=O)N1CCN2CC(CC(F)(F)F)c3c(C(=O)O)ccc(c32)C1. The van der Waals surface area contributed by atoms with Gasteiger partial charge in [0, 0.05) is 31.2 Å². The molecule has 0 radical (unpaired) electrons. The number of alkyl halides is 3. The van der Waals surface area contributed by atoms with Crippen molar-refractivity contribution in [2.75, 3.05) is 24.5 Å². The number of amides is 1. The lowest BCUT2D eigenvalue weighted by molar-refractivity contribution is -0.138. The molecule has 0 aliphatic carbocycles. The monoisotopic (exact) mass is 400 g/mol. The van der Waals surface area contributed by atoms with Gasteiger partial charge in [-0.05, 0) is 38.0 Å². The smallest absolute Gasteiger partial charge is 0.410 e. The molecule has 0 saturated carbocycles. The topological polar surface area (TPSA) is 70.1 Å². The van der Waals surface area contributed by atoms with Crippen molar-refractivity contribution < 1.29 is 32.6 Å². The summed E-state index contributed by atoms with van der Waals surface area (Å²) in [5.41, 5.74) is 0.585. The maximum Gasteiger partial charge on any atom is 0.410 e. The van der Waals surface area contributed by atoms with E-state index in [-0.39, 0.29) is 30.8 Å². The Hall–Kier alpha value is -2.45. The van der Waals surface area contributed by atoms with Crippen LogP contribution in [0.25, 0.3) is 0 Å². The Labute approximate surface area is 160 Å². The number of carboxylic acid groups (broad SMARTS) is 1. The molecule has 0 aromatic heterocycles. The molecule has 1 aromatic carbocycles. The summed E-state index contributed by atoms with van der Waals surface area (Å²) < 4.78 is 44.6. The molecule has 2 aliphatic rings. The zero-order valence-corrected chi connectivity index (χ0v) is 16.0. The fourth-order valence-electron chi connectivity index (χ4n) is 3.86. The Morgan fingerprint density at radius 1 is 1.21 bits per heavy atom.